The number of aromatic nitrogens is 1. The van der Waals surface area contributed by atoms with E-state index >= 15 is 0 Å². The third-order valence-electron chi connectivity index (χ3n) is 3.29. The third-order valence-corrected chi connectivity index (χ3v) is 3.29. The summed E-state index contributed by atoms with van der Waals surface area (Å²) in [6.45, 7) is 2.46. The van der Waals surface area contributed by atoms with Crippen molar-refractivity contribution in [1.82, 2.24) is 15.6 Å². The van der Waals surface area contributed by atoms with Crippen LogP contribution in [0.2, 0.25) is 0 Å². The Labute approximate surface area is 142 Å². The van der Waals surface area contributed by atoms with Gasteiger partial charge in [0.1, 0.15) is 12.4 Å². The lowest BCUT2D eigenvalue weighted by molar-refractivity contribution is 0.203. The second-order valence-electron chi connectivity index (χ2n) is 5.10. The van der Waals surface area contributed by atoms with Gasteiger partial charge in [0.15, 0.2) is 5.96 Å². The molecule has 1 aromatic heterocycles. The first-order valence-corrected chi connectivity index (χ1v) is 7.87. The standard InChI is InChI=1S/C18H24N4O2/c1-19-18(21-10-11-23-2)22-13-15-6-5-8-17(12-15)24-14-16-7-3-4-9-20-16/h3-9,12H,10-11,13-14H2,1-2H3,(H2,19,21,22). The summed E-state index contributed by atoms with van der Waals surface area (Å²) >= 11 is 0. The Morgan fingerprint density at radius 2 is 2.08 bits per heavy atom. The highest BCUT2D eigenvalue weighted by Gasteiger charge is 2.01. The highest BCUT2D eigenvalue weighted by Crippen LogP contribution is 2.14. The number of nitrogens with zero attached hydrogens (tertiary/aromatic N) is 2. The van der Waals surface area contributed by atoms with Gasteiger partial charge in [0, 0.05) is 33.4 Å². The summed E-state index contributed by atoms with van der Waals surface area (Å²) in [5, 5.41) is 6.44. The minimum Gasteiger partial charge on any atom is -0.487 e. The van der Waals surface area contributed by atoms with E-state index in [1.807, 2.05) is 42.5 Å². The predicted molar refractivity (Wildman–Crippen MR) is 95.1 cm³/mol. The zero-order valence-electron chi connectivity index (χ0n) is 14.2. The van der Waals surface area contributed by atoms with Crippen LogP contribution in [0, 0.1) is 0 Å². The average molecular weight is 328 g/mol. The summed E-state index contributed by atoms with van der Waals surface area (Å²) in [7, 11) is 3.42. The molecule has 0 bridgehead atoms. The van der Waals surface area contributed by atoms with Crippen molar-refractivity contribution < 1.29 is 9.47 Å². The van der Waals surface area contributed by atoms with E-state index in [1.165, 1.54) is 0 Å². The lowest BCUT2D eigenvalue weighted by atomic mass is 10.2. The summed E-state index contributed by atoms with van der Waals surface area (Å²) in [6.07, 6.45) is 1.77. The normalized spacial score (nSPS) is 11.2. The van der Waals surface area contributed by atoms with Gasteiger partial charge < -0.3 is 20.1 Å². The molecule has 6 heteroatoms. The number of aliphatic imine (C=N–C) groups is 1. The number of guanidine groups is 1. The molecule has 0 aliphatic rings. The van der Waals surface area contributed by atoms with E-state index in [-0.39, 0.29) is 0 Å². The van der Waals surface area contributed by atoms with Crippen LogP contribution in [0.25, 0.3) is 0 Å². The quantitative estimate of drug-likeness (QED) is 0.440. The Morgan fingerprint density at radius 1 is 1.17 bits per heavy atom. The van der Waals surface area contributed by atoms with E-state index in [4.69, 9.17) is 9.47 Å². The number of rotatable bonds is 8. The minimum absolute atomic E-state index is 0.456. The van der Waals surface area contributed by atoms with Gasteiger partial charge in [0.25, 0.3) is 0 Å². The van der Waals surface area contributed by atoms with E-state index < -0.39 is 0 Å². The van der Waals surface area contributed by atoms with Crippen LogP contribution < -0.4 is 15.4 Å². The summed E-state index contributed by atoms with van der Waals surface area (Å²) in [4.78, 5) is 8.42. The monoisotopic (exact) mass is 328 g/mol. The molecule has 0 unspecified atom stereocenters. The topological polar surface area (TPSA) is 67.8 Å². The first-order chi connectivity index (χ1) is 11.8. The smallest absolute Gasteiger partial charge is 0.191 e. The van der Waals surface area contributed by atoms with Crippen LogP contribution in [0.1, 0.15) is 11.3 Å². The van der Waals surface area contributed by atoms with Gasteiger partial charge in [-0.15, -0.1) is 0 Å². The molecule has 24 heavy (non-hydrogen) atoms. The largest absolute Gasteiger partial charge is 0.487 e. The third kappa shape index (κ3) is 6.26. The molecular weight excluding hydrogens is 304 g/mol. The number of benzene rings is 1. The van der Waals surface area contributed by atoms with E-state index in [9.17, 15) is 0 Å². The number of hydrogen-bond donors (Lipinski definition) is 2. The van der Waals surface area contributed by atoms with Gasteiger partial charge in [0.05, 0.1) is 12.3 Å². The number of ether oxygens (including phenoxy) is 2. The zero-order valence-corrected chi connectivity index (χ0v) is 14.2. The molecule has 2 rings (SSSR count). The van der Waals surface area contributed by atoms with Crippen molar-refractivity contribution in [3.8, 4) is 5.75 Å². The van der Waals surface area contributed by atoms with Crippen molar-refractivity contribution in [3.05, 3.63) is 59.9 Å². The molecule has 0 fully saturated rings. The number of hydrogen-bond acceptors (Lipinski definition) is 4. The van der Waals surface area contributed by atoms with E-state index in [0.29, 0.717) is 26.3 Å². The van der Waals surface area contributed by atoms with E-state index in [1.54, 1.807) is 20.4 Å². The first kappa shape index (κ1) is 17.7. The van der Waals surface area contributed by atoms with Crippen LogP contribution in [0.3, 0.4) is 0 Å². The van der Waals surface area contributed by atoms with Gasteiger partial charge in [-0.25, -0.2) is 0 Å². The van der Waals surface area contributed by atoms with Gasteiger partial charge in [0.2, 0.25) is 0 Å². The van der Waals surface area contributed by atoms with Gasteiger partial charge in [-0.1, -0.05) is 18.2 Å². The number of pyridine rings is 1. The van der Waals surface area contributed by atoms with Crippen molar-refractivity contribution in [2.24, 2.45) is 4.99 Å². The highest BCUT2D eigenvalue weighted by atomic mass is 16.5. The van der Waals surface area contributed by atoms with Crippen LogP contribution in [0.15, 0.2) is 53.7 Å². The zero-order chi connectivity index (χ0) is 17.0. The molecule has 0 amide bonds. The van der Waals surface area contributed by atoms with Crippen LogP contribution in [0.5, 0.6) is 5.75 Å². The summed E-state index contributed by atoms with van der Waals surface area (Å²) in [5.41, 5.74) is 2.02. The minimum atomic E-state index is 0.456. The molecule has 0 spiro atoms. The Hall–Kier alpha value is -2.60. The molecule has 0 saturated heterocycles. The summed E-state index contributed by atoms with van der Waals surface area (Å²) in [5.74, 6) is 1.56. The molecule has 128 valence electrons. The van der Waals surface area contributed by atoms with Crippen molar-refractivity contribution in [2.45, 2.75) is 13.2 Å². The average Bonchev–Trinajstić information content (AvgIpc) is 2.64. The van der Waals surface area contributed by atoms with Gasteiger partial charge >= 0.3 is 0 Å². The van der Waals surface area contributed by atoms with Crippen LogP contribution in [-0.4, -0.2) is 38.3 Å². The molecule has 0 aliphatic heterocycles. The second kappa shape index (κ2) is 10.2. The molecule has 0 radical (unpaired) electrons. The van der Waals surface area contributed by atoms with E-state index in [0.717, 1.165) is 23.0 Å². The van der Waals surface area contributed by atoms with Crippen LogP contribution >= 0.6 is 0 Å². The van der Waals surface area contributed by atoms with Crippen molar-refractivity contribution in [3.63, 3.8) is 0 Å². The fourth-order valence-electron chi connectivity index (χ4n) is 2.06. The maximum Gasteiger partial charge on any atom is 0.191 e. The lowest BCUT2D eigenvalue weighted by Gasteiger charge is -2.12. The molecule has 6 nitrogen and oxygen atoms in total. The number of methoxy groups -OCH3 is 1. The first-order valence-electron chi connectivity index (χ1n) is 7.87. The van der Waals surface area contributed by atoms with Crippen molar-refractivity contribution >= 4 is 5.96 Å². The maximum absolute atomic E-state index is 5.79. The molecule has 2 aromatic rings. The van der Waals surface area contributed by atoms with Gasteiger partial charge in [-0.05, 0) is 29.8 Å². The second-order valence-corrected chi connectivity index (χ2v) is 5.10. The fraction of sp³-hybridized carbons (Fsp3) is 0.333. The van der Waals surface area contributed by atoms with E-state index in [2.05, 4.69) is 20.6 Å². The lowest BCUT2D eigenvalue weighted by Crippen LogP contribution is -2.38. The maximum atomic E-state index is 5.79. The molecule has 1 heterocycles. The predicted octanol–water partition coefficient (Wildman–Crippen LogP) is 1.97. The highest BCUT2D eigenvalue weighted by molar-refractivity contribution is 5.79. The fourth-order valence-corrected chi connectivity index (χ4v) is 2.06. The number of nitrogens with one attached hydrogen (secondary N) is 2. The van der Waals surface area contributed by atoms with Crippen LogP contribution in [-0.2, 0) is 17.9 Å². The van der Waals surface area contributed by atoms with Crippen LogP contribution in [0.4, 0.5) is 0 Å². The van der Waals surface area contributed by atoms with Crippen molar-refractivity contribution in [1.29, 1.82) is 0 Å². The molecule has 2 N–H and O–H groups in total. The summed E-state index contributed by atoms with van der Waals surface area (Å²) in [6, 6.07) is 13.8. The molecule has 0 saturated carbocycles. The van der Waals surface area contributed by atoms with Gasteiger partial charge in [-0.3, -0.25) is 9.98 Å². The van der Waals surface area contributed by atoms with Gasteiger partial charge in [-0.2, -0.15) is 0 Å². The Balaban J connectivity index is 1.83. The Bertz CT molecular complexity index is 632. The molecular formula is C18H24N4O2. The molecule has 0 aliphatic carbocycles. The summed E-state index contributed by atoms with van der Waals surface area (Å²) < 4.78 is 10.8. The SMILES string of the molecule is CN=C(NCCOC)NCc1cccc(OCc2ccccn2)c1. The Morgan fingerprint density at radius 3 is 2.83 bits per heavy atom. The van der Waals surface area contributed by atoms with Crippen molar-refractivity contribution in [2.75, 3.05) is 27.3 Å². The molecule has 1 aromatic carbocycles. The molecule has 0 atom stereocenters. The Kier molecular flexibility index (Phi) is 7.56.